The average Bonchev–Trinajstić information content (AvgIpc) is 2.58. The number of fused-ring (bicyclic) bond motifs is 1. The Labute approximate surface area is 90.5 Å². The van der Waals surface area contributed by atoms with Gasteiger partial charge in [-0.05, 0) is 27.6 Å². The fourth-order valence-electron chi connectivity index (χ4n) is 1.51. The van der Waals surface area contributed by atoms with Crippen LogP contribution < -0.4 is 5.48 Å². The van der Waals surface area contributed by atoms with E-state index in [1.165, 1.54) is 10.9 Å². The first-order valence-corrected chi connectivity index (χ1v) is 5.12. The maximum Gasteiger partial charge on any atom is 0.0572 e. The van der Waals surface area contributed by atoms with Crippen molar-refractivity contribution in [3.63, 3.8) is 0 Å². The van der Waals surface area contributed by atoms with Crippen molar-refractivity contribution in [2.45, 2.75) is 6.54 Å². The predicted octanol–water partition coefficient (Wildman–Crippen LogP) is 2.58. The summed E-state index contributed by atoms with van der Waals surface area (Å²) in [6.07, 6.45) is 1.95. The van der Waals surface area contributed by atoms with Gasteiger partial charge in [0, 0.05) is 28.1 Å². The van der Waals surface area contributed by atoms with Crippen LogP contribution in [0.2, 0.25) is 0 Å². The summed E-state index contributed by atoms with van der Waals surface area (Å²) in [6.45, 7) is 0.699. The van der Waals surface area contributed by atoms with E-state index in [9.17, 15) is 0 Å². The van der Waals surface area contributed by atoms with Crippen LogP contribution in [0.15, 0.2) is 28.9 Å². The quantitative estimate of drug-likeness (QED) is 0.827. The maximum atomic E-state index is 4.84. The molecule has 0 saturated heterocycles. The van der Waals surface area contributed by atoms with Crippen molar-refractivity contribution in [3.05, 3.63) is 34.4 Å². The minimum absolute atomic E-state index is 0.699. The maximum absolute atomic E-state index is 4.84. The van der Waals surface area contributed by atoms with Crippen LogP contribution in [0.3, 0.4) is 0 Å². The number of hydroxylamine groups is 1. The number of aromatic amines is 1. The molecule has 1 aromatic carbocycles. The highest BCUT2D eigenvalue weighted by atomic mass is 79.9. The van der Waals surface area contributed by atoms with Gasteiger partial charge in [-0.1, -0.05) is 12.1 Å². The first-order chi connectivity index (χ1) is 6.83. The van der Waals surface area contributed by atoms with E-state index in [1.807, 2.05) is 12.3 Å². The Hall–Kier alpha value is -0.840. The van der Waals surface area contributed by atoms with Crippen molar-refractivity contribution in [1.29, 1.82) is 0 Å². The molecule has 1 heterocycles. The molecular formula is C10H11BrN2O. The molecule has 0 aliphatic heterocycles. The monoisotopic (exact) mass is 254 g/mol. The molecule has 0 aliphatic carbocycles. The summed E-state index contributed by atoms with van der Waals surface area (Å²) < 4.78 is 1.08. The Kier molecular flexibility index (Phi) is 2.86. The zero-order valence-electron chi connectivity index (χ0n) is 7.80. The van der Waals surface area contributed by atoms with Crippen molar-refractivity contribution in [1.82, 2.24) is 10.5 Å². The van der Waals surface area contributed by atoms with Crippen LogP contribution in [-0.2, 0) is 11.4 Å². The van der Waals surface area contributed by atoms with Crippen LogP contribution in [-0.4, -0.2) is 12.1 Å². The Morgan fingerprint density at radius 1 is 1.50 bits per heavy atom. The van der Waals surface area contributed by atoms with Gasteiger partial charge in [-0.2, -0.15) is 5.48 Å². The van der Waals surface area contributed by atoms with E-state index in [-0.39, 0.29) is 0 Å². The molecule has 3 nitrogen and oxygen atoms in total. The number of benzene rings is 1. The van der Waals surface area contributed by atoms with Gasteiger partial charge in [-0.3, -0.25) is 0 Å². The Balaban J connectivity index is 2.46. The Morgan fingerprint density at radius 2 is 2.36 bits per heavy atom. The minimum atomic E-state index is 0.699. The standard InChI is InChI=1S/C10H11BrN2O/c1-14-13-5-7-3-2-4-9-10(7)8(11)6-12-9/h2-4,6,12-13H,5H2,1H3. The molecule has 2 rings (SSSR count). The molecule has 2 N–H and O–H groups in total. The summed E-state index contributed by atoms with van der Waals surface area (Å²) in [5, 5.41) is 1.21. The highest BCUT2D eigenvalue weighted by Gasteiger charge is 2.05. The number of aromatic nitrogens is 1. The van der Waals surface area contributed by atoms with Crippen molar-refractivity contribution < 1.29 is 4.84 Å². The molecule has 0 aliphatic rings. The number of rotatable bonds is 3. The van der Waals surface area contributed by atoms with Gasteiger partial charge in [-0.25, -0.2) is 0 Å². The predicted molar refractivity (Wildman–Crippen MR) is 59.8 cm³/mol. The third-order valence-corrected chi connectivity index (χ3v) is 2.78. The molecule has 0 amide bonds. The van der Waals surface area contributed by atoms with Crippen LogP contribution in [0, 0.1) is 0 Å². The van der Waals surface area contributed by atoms with Crippen molar-refractivity contribution in [2.75, 3.05) is 7.11 Å². The van der Waals surface area contributed by atoms with Gasteiger partial charge in [-0.15, -0.1) is 0 Å². The third-order valence-electron chi connectivity index (χ3n) is 2.15. The molecule has 1 aromatic heterocycles. The fourth-order valence-corrected chi connectivity index (χ4v) is 2.10. The summed E-state index contributed by atoms with van der Waals surface area (Å²) in [5.74, 6) is 0. The first-order valence-electron chi connectivity index (χ1n) is 4.33. The average molecular weight is 255 g/mol. The Morgan fingerprint density at radius 3 is 3.14 bits per heavy atom. The second-order valence-corrected chi connectivity index (χ2v) is 3.86. The van der Waals surface area contributed by atoms with Gasteiger partial charge in [0.15, 0.2) is 0 Å². The van der Waals surface area contributed by atoms with Crippen molar-refractivity contribution in [2.24, 2.45) is 0 Å². The van der Waals surface area contributed by atoms with Gasteiger partial charge < -0.3 is 9.82 Å². The Bertz CT molecular complexity index is 439. The smallest absolute Gasteiger partial charge is 0.0572 e. The second-order valence-electron chi connectivity index (χ2n) is 3.00. The summed E-state index contributed by atoms with van der Waals surface area (Å²) in [5.41, 5.74) is 5.18. The van der Waals surface area contributed by atoms with E-state index in [4.69, 9.17) is 4.84 Å². The summed E-state index contributed by atoms with van der Waals surface area (Å²) in [4.78, 5) is 8.02. The van der Waals surface area contributed by atoms with Crippen molar-refractivity contribution >= 4 is 26.8 Å². The van der Waals surface area contributed by atoms with E-state index < -0.39 is 0 Å². The lowest BCUT2D eigenvalue weighted by atomic mass is 10.1. The minimum Gasteiger partial charge on any atom is -0.360 e. The van der Waals surface area contributed by atoms with Gasteiger partial charge in [0.2, 0.25) is 0 Å². The van der Waals surface area contributed by atoms with Crippen LogP contribution in [0.25, 0.3) is 10.9 Å². The van der Waals surface area contributed by atoms with E-state index in [2.05, 4.69) is 38.5 Å². The van der Waals surface area contributed by atoms with E-state index in [0.717, 1.165) is 9.99 Å². The van der Waals surface area contributed by atoms with Gasteiger partial charge in [0.05, 0.1) is 7.11 Å². The zero-order valence-corrected chi connectivity index (χ0v) is 9.39. The molecular weight excluding hydrogens is 244 g/mol. The SMILES string of the molecule is CONCc1cccc2[nH]cc(Br)c12. The van der Waals surface area contributed by atoms with Crippen LogP contribution in [0.5, 0.6) is 0 Å². The number of H-pyrrole nitrogens is 1. The molecule has 0 unspecified atom stereocenters. The van der Waals surface area contributed by atoms with Crippen molar-refractivity contribution in [3.8, 4) is 0 Å². The lowest BCUT2D eigenvalue weighted by molar-refractivity contribution is 0.0870. The number of hydrogen-bond donors (Lipinski definition) is 2. The molecule has 0 fully saturated rings. The second kappa shape index (κ2) is 4.13. The molecule has 74 valence electrons. The number of hydrogen-bond acceptors (Lipinski definition) is 2. The molecule has 0 spiro atoms. The molecule has 0 bridgehead atoms. The third kappa shape index (κ3) is 1.68. The lowest BCUT2D eigenvalue weighted by Crippen LogP contribution is -2.10. The molecule has 2 aromatic rings. The fraction of sp³-hybridized carbons (Fsp3) is 0.200. The molecule has 0 saturated carbocycles. The van der Waals surface area contributed by atoms with Crippen LogP contribution >= 0.6 is 15.9 Å². The van der Waals surface area contributed by atoms with Gasteiger partial charge in [0.1, 0.15) is 0 Å². The number of halogens is 1. The molecule has 4 heteroatoms. The van der Waals surface area contributed by atoms with Crippen LogP contribution in [0.1, 0.15) is 5.56 Å². The summed E-state index contributed by atoms with van der Waals surface area (Å²) in [7, 11) is 1.62. The van der Waals surface area contributed by atoms with Gasteiger partial charge in [0.25, 0.3) is 0 Å². The highest BCUT2D eigenvalue weighted by Crippen LogP contribution is 2.26. The van der Waals surface area contributed by atoms with E-state index in [1.54, 1.807) is 7.11 Å². The zero-order chi connectivity index (χ0) is 9.97. The molecule has 0 atom stereocenters. The largest absolute Gasteiger partial charge is 0.360 e. The van der Waals surface area contributed by atoms with E-state index in [0.29, 0.717) is 6.54 Å². The summed E-state index contributed by atoms with van der Waals surface area (Å²) >= 11 is 3.51. The topological polar surface area (TPSA) is 37.0 Å². The van der Waals surface area contributed by atoms with Gasteiger partial charge >= 0.3 is 0 Å². The highest BCUT2D eigenvalue weighted by molar-refractivity contribution is 9.10. The first kappa shape index (κ1) is 9.71. The summed E-state index contributed by atoms with van der Waals surface area (Å²) in [6, 6.07) is 6.15. The molecule has 14 heavy (non-hydrogen) atoms. The van der Waals surface area contributed by atoms with E-state index >= 15 is 0 Å². The number of nitrogens with one attached hydrogen (secondary N) is 2. The molecule has 0 radical (unpaired) electrons. The van der Waals surface area contributed by atoms with Crippen LogP contribution in [0.4, 0.5) is 0 Å². The normalized spacial score (nSPS) is 11.0. The lowest BCUT2D eigenvalue weighted by Gasteiger charge is -2.04.